The van der Waals surface area contributed by atoms with Gasteiger partial charge in [-0.1, -0.05) is 48.5 Å². The monoisotopic (exact) mass is 757 g/mol. The molecule has 56 heavy (non-hydrogen) atoms. The molecule has 3 fully saturated rings. The van der Waals surface area contributed by atoms with Gasteiger partial charge >= 0.3 is 12.2 Å². The molecule has 3 aliphatic heterocycles. The number of rotatable bonds is 9. The van der Waals surface area contributed by atoms with Gasteiger partial charge in [0.2, 0.25) is 11.8 Å². The summed E-state index contributed by atoms with van der Waals surface area (Å²) in [6.45, 7) is 4.01. The number of hydrogen-bond acceptors (Lipinski definition) is 8. The summed E-state index contributed by atoms with van der Waals surface area (Å²) in [5.41, 5.74) is 7.32. The van der Waals surface area contributed by atoms with Gasteiger partial charge in [-0.05, 0) is 97.0 Å². The molecule has 8 rings (SSSR count). The molecule has 2 bridgehead atoms. The summed E-state index contributed by atoms with van der Waals surface area (Å²) in [6.07, 6.45) is 7.88. The SMILES string of the molecule is COC(=O)N[C@@H](C)C(=O)N1CCC[C@H]1C1=NC=C(c2ccc(-c3ccc4cc(-c5cnc([C@@H]6[C@H]7CC[C@H](C7)N6C(=O)[C@H](C)NC(=O)OC)[nH]5)ccc4c3)cc2)C1. The Morgan fingerprint density at radius 3 is 2.16 bits per heavy atom. The highest BCUT2D eigenvalue weighted by Crippen LogP contribution is 2.50. The third kappa shape index (κ3) is 7.02. The maximum Gasteiger partial charge on any atom is 0.407 e. The van der Waals surface area contributed by atoms with E-state index in [0.717, 1.165) is 87.9 Å². The third-order valence-corrected chi connectivity index (χ3v) is 11.9. The quantitative estimate of drug-likeness (QED) is 0.173. The zero-order valence-corrected chi connectivity index (χ0v) is 32.1. The smallest absolute Gasteiger partial charge is 0.407 e. The van der Waals surface area contributed by atoms with Crippen molar-refractivity contribution < 1.29 is 28.7 Å². The molecule has 290 valence electrons. The molecule has 1 aliphatic carbocycles. The first-order chi connectivity index (χ1) is 27.1. The van der Waals surface area contributed by atoms with Crippen LogP contribution in [0.1, 0.15) is 69.8 Å². The first-order valence-electron chi connectivity index (χ1n) is 19.4. The van der Waals surface area contributed by atoms with Crippen LogP contribution in [0.2, 0.25) is 0 Å². The van der Waals surface area contributed by atoms with Crippen LogP contribution in [0.4, 0.5) is 9.59 Å². The number of aromatic amines is 1. The number of nitrogens with zero attached hydrogens (tertiary/aromatic N) is 4. The van der Waals surface area contributed by atoms with E-state index in [4.69, 9.17) is 14.7 Å². The lowest BCUT2D eigenvalue weighted by atomic mass is 9.95. The fraction of sp³-hybridized carbons (Fsp3) is 0.395. The highest BCUT2D eigenvalue weighted by atomic mass is 16.5. The molecule has 1 saturated carbocycles. The van der Waals surface area contributed by atoms with Crippen LogP contribution in [0.3, 0.4) is 0 Å². The van der Waals surface area contributed by atoms with Crippen LogP contribution in [0, 0.1) is 5.92 Å². The molecule has 3 aromatic carbocycles. The van der Waals surface area contributed by atoms with Crippen LogP contribution < -0.4 is 10.6 Å². The first kappa shape index (κ1) is 37.0. The van der Waals surface area contributed by atoms with Crippen LogP contribution in [0.15, 0.2) is 78.1 Å². The van der Waals surface area contributed by atoms with E-state index in [2.05, 4.69) is 81.0 Å². The number of hydrogen-bond donors (Lipinski definition) is 3. The van der Waals surface area contributed by atoms with Gasteiger partial charge < -0.3 is 34.9 Å². The highest BCUT2D eigenvalue weighted by Gasteiger charge is 2.50. The van der Waals surface area contributed by atoms with E-state index in [1.54, 1.807) is 13.8 Å². The summed E-state index contributed by atoms with van der Waals surface area (Å²) < 4.78 is 9.38. The number of ether oxygens (including phenoxy) is 2. The summed E-state index contributed by atoms with van der Waals surface area (Å²) in [7, 11) is 2.57. The normalized spacial score (nSPS) is 22.4. The van der Waals surface area contributed by atoms with Gasteiger partial charge in [0.25, 0.3) is 0 Å². The number of fused-ring (bicyclic) bond motifs is 3. The zero-order valence-electron chi connectivity index (χ0n) is 32.1. The standard InChI is InChI=1S/C43H47N7O6/c1-24(46-42(53)55-3)40(51)49-17-5-6-37(49)35-21-33(22-44-35)27-9-7-26(8-10-27)28-11-12-30-19-31(14-13-29(30)18-28)36-23-45-39(48-36)38-32-15-16-34(20-32)50(38)41(52)25(2)47-43(54)56-4/h7-14,18-19,22-25,32,34,37-38H,5-6,15-17,20-21H2,1-4H3,(H,45,48)(H,46,53)(H,47,54)/t24-,25-,32-,34+,37-,38-/m0/s1. The Bertz CT molecular complexity index is 2250. The van der Waals surface area contributed by atoms with Gasteiger partial charge in [-0.3, -0.25) is 14.6 Å². The molecule has 4 aliphatic rings. The molecule has 2 saturated heterocycles. The van der Waals surface area contributed by atoms with E-state index < -0.39 is 24.3 Å². The molecule has 0 spiro atoms. The second kappa shape index (κ2) is 15.3. The molecule has 4 amide bonds. The molecular weight excluding hydrogens is 711 g/mol. The largest absolute Gasteiger partial charge is 0.453 e. The Labute approximate surface area is 325 Å². The summed E-state index contributed by atoms with van der Waals surface area (Å²) in [5, 5.41) is 7.44. The summed E-state index contributed by atoms with van der Waals surface area (Å²) >= 11 is 0. The van der Waals surface area contributed by atoms with Crippen molar-refractivity contribution in [3.8, 4) is 22.4 Å². The van der Waals surface area contributed by atoms with Gasteiger partial charge in [-0.2, -0.15) is 0 Å². The van der Waals surface area contributed by atoms with Crippen molar-refractivity contribution in [1.82, 2.24) is 30.4 Å². The number of benzene rings is 3. The van der Waals surface area contributed by atoms with E-state index in [-0.39, 0.29) is 29.9 Å². The Morgan fingerprint density at radius 2 is 1.45 bits per heavy atom. The van der Waals surface area contributed by atoms with Crippen molar-refractivity contribution in [1.29, 1.82) is 0 Å². The minimum absolute atomic E-state index is 0.0821. The van der Waals surface area contributed by atoms with Gasteiger partial charge in [0, 0.05) is 36.5 Å². The highest BCUT2D eigenvalue weighted by molar-refractivity contribution is 6.04. The molecule has 0 unspecified atom stereocenters. The fourth-order valence-corrected chi connectivity index (χ4v) is 9.03. The number of amides is 4. The molecule has 4 aromatic rings. The average molecular weight is 758 g/mol. The van der Waals surface area contributed by atoms with Crippen molar-refractivity contribution >= 4 is 46.1 Å². The Morgan fingerprint density at radius 1 is 0.804 bits per heavy atom. The zero-order chi connectivity index (χ0) is 39.1. The predicted octanol–water partition coefficient (Wildman–Crippen LogP) is 6.61. The lowest BCUT2D eigenvalue weighted by molar-refractivity contribution is -0.137. The minimum Gasteiger partial charge on any atom is -0.453 e. The van der Waals surface area contributed by atoms with Crippen LogP contribution in [-0.4, -0.2) is 94.4 Å². The van der Waals surface area contributed by atoms with Crippen molar-refractivity contribution in [2.45, 2.75) is 82.6 Å². The molecule has 13 nitrogen and oxygen atoms in total. The number of aliphatic imine (C=N–C) groups is 1. The maximum absolute atomic E-state index is 13.5. The number of alkyl carbamates (subject to hydrolysis) is 2. The lowest BCUT2D eigenvalue weighted by Crippen LogP contribution is -2.50. The fourth-order valence-electron chi connectivity index (χ4n) is 9.03. The Hall–Kier alpha value is -5.98. The molecule has 13 heteroatoms. The van der Waals surface area contributed by atoms with Gasteiger partial charge in [0.15, 0.2) is 0 Å². The van der Waals surface area contributed by atoms with Crippen LogP contribution in [0.5, 0.6) is 0 Å². The first-order valence-corrected chi connectivity index (χ1v) is 19.4. The summed E-state index contributed by atoms with van der Waals surface area (Å²) in [6, 6.07) is 19.9. The van der Waals surface area contributed by atoms with Crippen molar-refractivity contribution in [2.75, 3.05) is 20.8 Å². The van der Waals surface area contributed by atoms with E-state index in [1.807, 2.05) is 22.2 Å². The molecule has 4 heterocycles. The Balaban J connectivity index is 0.922. The second-order valence-corrected chi connectivity index (χ2v) is 15.3. The number of imidazole rings is 1. The average Bonchev–Trinajstić information content (AvgIpc) is 4.08. The number of H-pyrrole nitrogens is 1. The number of allylic oxidation sites excluding steroid dienone is 1. The number of nitrogens with one attached hydrogen (secondary N) is 3. The number of aromatic nitrogens is 2. The summed E-state index contributed by atoms with van der Waals surface area (Å²) in [4.78, 5) is 67.0. The second-order valence-electron chi connectivity index (χ2n) is 15.3. The molecule has 1 aromatic heterocycles. The number of carbonyl (C=O) groups excluding carboxylic acids is 4. The van der Waals surface area contributed by atoms with Gasteiger partial charge in [0.1, 0.15) is 17.9 Å². The number of likely N-dealkylation sites (tertiary alicyclic amines) is 2. The van der Waals surface area contributed by atoms with E-state index in [1.165, 1.54) is 14.2 Å². The number of carbonyl (C=O) groups is 4. The third-order valence-electron chi connectivity index (χ3n) is 11.9. The molecular formula is C43H47N7O6. The van der Waals surface area contributed by atoms with E-state index >= 15 is 0 Å². The van der Waals surface area contributed by atoms with E-state index in [9.17, 15) is 19.2 Å². The molecule has 0 radical (unpaired) electrons. The molecule has 6 atom stereocenters. The lowest BCUT2D eigenvalue weighted by Gasteiger charge is -2.36. The minimum atomic E-state index is -0.697. The summed E-state index contributed by atoms with van der Waals surface area (Å²) in [5.74, 6) is 0.849. The number of methoxy groups -OCH3 is 2. The Kier molecular flexibility index (Phi) is 10.1. The maximum atomic E-state index is 13.5. The van der Waals surface area contributed by atoms with Crippen LogP contribution in [0.25, 0.3) is 38.7 Å². The van der Waals surface area contributed by atoms with Crippen molar-refractivity contribution in [3.05, 3.63) is 84.4 Å². The molecule has 3 N–H and O–H groups in total. The number of piperidine rings is 1. The van der Waals surface area contributed by atoms with E-state index in [0.29, 0.717) is 18.9 Å². The van der Waals surface area contributed by atoms with Gasteiger partial charge in [-0.25, -0.2) is 14.6 Å². The van der Waals surface area contributed by atoms with Crippen molar-refractivity contribution in [2.24, 2.45) is 10.9 Å². The van der Waals surface area contributed by atoms with Gasteiger partial charge in [-0.15, -0.1) is 0 Å². The van der Waals surface area contributed by atoms with Crippen LogP contribution >= 0.6 is 0 Å². The topological polar surface area (TPSA) is 158 Å². The predicted molar refractivity (Wildman–Crippen MR) is 212 cm³/mol. The van der Waals surface area contributed by atoms with Crippen LogP contribution in [-0.2, 0) is 19.1 Å². The van der Waals surface area contributed by atoms with Crippen molar-refractivity contribution in [3.63, 3.8) is 0 Å². The van der Waals surface area contributed by atoms with Gasteiger partial charge in [0.05, 0.1) is 38.2 Å².